The number of unbranched alkanes of at least 4 members (excludes halogenated alkanes) is 1. The summed E-state index contributed by atoms with van der Waals surface area (Å²) in [7, 11) is 0. The highest BCUT2D eigenvalue weighted by Crippen LogP contribution is 2.31. The number of benzene rings is 3. The number of alkyl carbamates (subject to hydrolysis) is 1. The smallest absolute Gasteiger partial charge is 0.408 e. The molecule has 0 aromatic heterocycles. The Morgan fingerprint density at radius 1 is 0.950 bits per heavy atom. The summed E-state index contributed by atoms with van der Waals surface area (Å²) in [5, 5.41) is 7.79. The van der Waals surface area contributed by atoms with Crippen molar-refractivity contribution in [3.05, 3.63) is 77.4 Å². The SMILES string of the molecule is CCCCN(C(=O)C(CS)NC(=O)OC(C)(C)C)C(C(=O)Nc1ccc2ccccc2c1)c1c(C)cccc1C. The number of carbonyl (C=O) groups excluding carboxylic acids is 3. The lowest BCUT2D eigenvalue weighted by atomic mass is 9.93. The Morgan fingerprint density at radius 2 is 1.60 bits per heavy atom. The molecule has 0 heterocycles. The molecule has 3 aromatic rings. The molecule has 0 saturated carbocycles. The van der Waals surface area contributed by atoms with Gasteiger partial charge in [0, 0.05) is 18.0 Å². The molecule has 2 N–H and O–H groups in total. The molecule has 0 aliphatic carbocycles. The van der Waals surface area contributed by atoms with Crippen molar-refractivity contribution in [1.82, 2.24) is 10.2 Å². The maximum atomic E-state index is 14.1. The van der Waals surface area contributed by atoms with Crippen LogP contribution in [0, 0.1) is 13.8 Å². The Hall–Kier alpha value is -3.52. The molecule has 0 aliphatic heterocycles. The molecule has 2 atom stereocenters. The van der Waals surface area contributed by atoms with Crippen molar-refractivity contribution in [2.24, 2.45) is 0 Å². The van der Waals surface area contributed by atoms with Crippen molar-refractivity contribution in [1.29, 1.82) is 0 Å². The summed E-state index contributed by atoms with van der Waals surface area (Å²) in [6.45, 7) is 11.5. The molecule has 40 heavy (non-hydrogen) atoms. The van der Waals surface area contributed by atoms with E-state index in [4.69, 9.17) is 4.74 Å². The number of aryl methyl sites for hydroxylation is 2. The van der Waals surface area contributed by atoms with E-state index >= 15 is 0 Å². The molecule has 0 radical (unpaired) electrons. The molecule has 0 saturated heterocycles. The number of carbonyl (C=O) groups is 3. The van der Waals surface area contributed by atoms with E-state index in [9.17, 15) is 14.4 Å². The predicted octanol–water partition coefficient (Wildman–Crippen LogP) is 6.59. The monoisotopic (exact) mass is 563 g/mol. The van der Waals surface area contributed by atoms with Crippen molar-refractivity contribution >= 4 is 47.0 Å². The lowest BCUT2D eigenvalue weighted by Crippen LogP contribution is -2.53. The van der Waals surface area contributed by atoms with Crippen LogP contribution in [0.25, 0.3) is 10.8 Å². The summed E-state index contributed by atoms with van der Waals surface area (Å²) >= 11 is 4.37. The minimum absolute atomic E-state index is 0.0481. The number of amides is 3. The molecular weight excluding hydrogens is 522 g/mol. The Balaban J connectivity index is 2.03. The van der Waals surface area contributed by atoms with E-state index in [1.807, 2.05) is 81.4 Å². The van der Waals surface area contributed by atoms with Gasteiger partial charge >= 0.3 is 6.09 Å². The van der Waals surface area contributed by atoms with Crippen LogP contribution in [-0.4, -0.2) is 46.7 Å². The molecule has 0 spiro atoms. The largest absolute Gasteiger partial charge is 0.444 e. The molecule has 3 rings (SSSR count). The van der Waals surface area contributed by atoms with Crippen molar-refractivity contribution in [2.45, 2.75) is 72.1 Å². The van der Waals surface area contributed by atoms with Gasteiger partial charge in [-0.15, -0.1) is 0 Å². The standard InChI is InChI=1S/C32H41N3O4S/c1-7-8-18-35(30(37)26(20-40)34-31(38)39-32(4,5)6)28(27-21(2)12-11-13-22(27)3)29(36)33-25-17-16-23-14-9-10-15-24(23)19-25/h9-17,19,26,28,40H,7-8,18,20H2,1-6H3,(H,33,36)(H,34,38). The quantitative estimate of drug-likeness (QED) is 0.243. The zero-order valence-electron chi connectivity index (χ0n) is 24.3. The molecule has 2 unspecified atom stereocenters. The number of ether oxygens (including phenoxy) is 1. The van der Waals surface area contributed by atoms with Gasteiger partial charge in [-0.2, -0.15) is 12.6 Å². The van der Waals surface area contributed by atoms with Gasteiger partial charge in [-0.25, -0.2) is 4.79 Å². The fraction of sp³-hybridized carbons (Fsp3) is 0.406. The van der Waals surface area contributed by atoms with Crippen LogP contribution in [0.5, 0.6) is 0 Å². The van der Waals surface area contributed by atoms with Gasteiger partial charge < -0.3 is 20.3 Å². The molecule has 7 nitrogen and oxygen atoms in total. The van der Waals surface area contributed by atoms with E-state index < -0.39 is 29.7 Å². The first-order valence-corrected chi connectivity index (χ1v) is 14.3. The topological polar surface area (TPSA) is 87.7 Å². The molecule has 214 valence electrons. The van der Waals surface area contributed by atoms with E-state index in [2.05, 4.69) is 23.3 Å². The lowest BCUT2D eigenvalue weighted by molar-refractivity contribution is -0.140. The summed E-state index contributed by atoms with van der Waals surface area (Å²) in [6.07, 6.45) is 0.794. The first-order chi connectivity index (χ1) is 18.9. The molecular formula is C32H41N3O4S. The number of anilines is 1. The Morgan fingerprint density at radius 3 is 2.20 bits per heavy atom. The third-order valence-electron chi connectivity index (χ3n) is 6.60. The zero-order valence-corrected chi connectivity index (χ0v) is 25.2. The second-order valence-corrected chi connectivity index (χ2v) is 11.4. The summed E-state index contributed by atoms with van der Waals surface area (Å²) in [4.78, 5) is 42.4. The maximum Gasteiger partial charge on any atom is 0.408 e. The van der Waals surface area contributed by atoms with Gasteiger partial charge in [0.05, 0.1) is 0 Å². The van der Waals surface area contributed by atoms with Crippen LogP contribution in [0.2, 0.25) is 0 Å². The van der Waals surface area contributed by atoms with Crippen LogP contribution in [0.3, 0.4) is 0 Å². The number of hydrogen-bond acceptors (Lipinski definition) is 5. The summed E-state index contributed by atoms with van der Waals surface area (Å²) in [5.74, 6) is -0.671. The van der Waals surface area contributed by atoms with Crippen LogP contribution >= 0.6 is 12.6 Å². The van der Waals surface area contributed by atoms with Crippen LogP contribution in [0.15, 0.2) is 60.7 Å². The number of fused-ring (bicyclic) bond motifs is 1. The number of nitrogens with zero attached hydrogens (tertiary/aromatic N) is 1. The van der Waals surface area contributed by atoms with Crippen molar-refractivity contribution in [2.75, 3.05) is 17.6 Å². The fourth-order valence-electron chi connectivity index (χ4n) is 4.70. The van der Waals surface area contributed by atoms with Crippen LogP contribution in [0.1, 0.15) is 63.3 Å². The summed E-state index contributed by atoms with van der Waals surface area (Å²) in [5.41, 5.74) is 2.48. The number of nitrogens with one attached hydrogen (secondary N) is 2. The van der Waals surface area contributed by atoms with Gasteiger partial charge in [0.25, 0.3) is 5.91 Å². The van der Waals surface area contributed by atoms with Crippen LogP contribution in [-0.2, 0) is 14.3 Å². The first kappa shape index (κ1) is 31.0. The zero-order chi connectivity index (χ0) is 29.4. The maximum absolute atomic E-state index is 14.1. The molecule has 3 aromatic carbocycles. The van der Waals surface area contributed by atoms with E-state index in [1.165, 1.54) is 0 Å². The second kappa shape index (κ2) is 13.7. The summed E-state index contributed by atoms with van der Waals surface area (Å²) < 4.78 is 5.39. The molecule has 8 heteroatoms. The van der Waals surface area contributed by atoms with Crippen molar-refractivity contribution in [3.8, 4) is 0 Å². The van der Waals surface area contributed by atoms with Gasteiger partial charge in [-0.05, 0) is 80.6 Å². The predicted molar refractivity (Wildman–Crippen MR) is 165 cm³/mol. The normalized spacial score (nSPS) is 12.9. The molecule has 0 fully saturated rings. The van der Waals surface area contributed by atoms with Crippen LogP contribution in [0.4, 0.5) is 10.5 Å². The first-order valence-electron chi connectivity index (χ1n) is 13.7. The summed E-state index contributed by atoms with van der Waals surface area (Å²) in [6, 6.07) is 17.6. The van der Waals surface area contributed by atoms with E-state index in [0.717, 1.165) is 33.9 Å². The number of thiol groups is 1. The van der Waals surface area contributed by atoms with Crippen LogP contribution < -0.4 is 10.6 Å². The second-order valence-electron chi connectivity index (χ2n) is 11.0. The van der Waals surface area contributed by atoms with Gasteiger partial charge in [0.15, 0.2) is 0 Å². The number of rotatable bonds is 10. The van der Waals surface area contributed by atoms with Gasteiger partial charge in [0.2, 0.25) is 5.91 Å². The van der Waals surface area contributed by atoms with Crippen molar-refractivity contribution < 1.29 is 19.1 Å². The average Bonchev–Trinajstić information content (AvgIpc) is 2.89. The Kier molecular flexibility index (Phi) is 10.6. The highest BCUT2D eigenvalue weighted by molar-refractivity contribution is 7.80. The average molecular weight is 564 g/mol. The molecule has 0 bridgehead atoms. The van der Waals surface area contributed by atoms with E-state index in [1.54, 1.807) is 25.7 Å². The minimum Gasteiger partial charge on any atom is -0.444 e. The van der Waals surface area contributed by atoms with E-state index in [-0.39, 0.29) is 11.7 Å². The molecule has 0 aliphatic rings. The van der Waals surface area contributed by atoms with Gasteiger partial charge in [0.1, 0.15) is 17.7 Å². The van der Waals surface area contributed by atoms with Crippen molar-refractivity contribution in [3.63, 3.8) is 0 Å². The minimum atomic E-state index is -0.977. The third-order valence-corrected chi connectivity index (χ3v) is 6.97. The third kappa shape index (κ3) is 8.01. The Labute approximate surface area is 243 Å². The lowest BCUT2D eigenvalue weighted by Gasteiger charge is -2.35. The Bertz CT molecular complexity index is 1330. The van der Waals surface area contributed by atoms with E-state index in [0.29, 0.717) is 18.7 Å². The highest BCUT2D eigenvalue weighted by Gasteiger charge is 2.37. The molecule has 3 amide bonds. The fourth-order valence-corrected chi connectivity index (χ4v) is 4.94. The van der Waals surface area contributed by atoms with Gasteiger partial charge in [-0.1, -0.05) is 61.9 Å². The number of hydrogen-bond donors (Lipinski definition) is 3. The highest BCUT2D eigenvalue weighted by atomic mass is 32.1. The van der Waals surface area contributed by atoms with Gasteiger partial charge in [-0.3, -0.25) is 9.59 Å².